The van der Waals surface area contributed by atoms with Crippen molar-refractivity contribution in [2.45, 2.75) is 31.2 Å². The number of methoxy groups -OCH3 is 1. The van der Waals surface area contributed by atoms with Gasteiger partial charge in [0, 0.05) is 24.1 Å². The van der Waals surface area contributed by atoms with Crippen LogP contribution < -0.4 is 15.8 Å². The zero-order valence-electron chi connectivity index (χ0n) is 16.0. The summed E-state index contributed by atoms with van der Waals surface area (Å²) >= 11 is 0. The number of carbonyl (C=O) groups excluding carboxylic acids is 1. The molecule has 1 heterocycles. The number of halogens is 1. The molecule has 1 saturated carbocycles. The Hall–Kier alpha value is -2.97. The first-order valence-corrected chi connectivity index (χ1v) is 9.23. The Bertz CT molecular complexity index is 974. The van der Waals surface area contributed by atoms with Gasteiger partial charge in [0.1, 0.15) is 11.4 Å². The van der Waals surface area contributed by atoms with E-state index in [4.69, 9.17) is 10.5 Å². The molecule has 0 radical (unpaired) electrons. The van der Waals surface area contributed by atoms with Gasteiger partial charge in [-0.2, -0.15) is 4.68 Å². The molecule has 29 heavy (non-hydrogen) atoms. The van der Waals surface area contributed by atoms with Crippen molar-refractivity contribution in [3.8, 4) is 11.4 Å². The number of benzene rings is 2. The predicted molar refractivity (Wildman–Crippen MR) is 112 cm³/mol. The number of hydrogen-bond acceptors (Lipinski definition) is 6. The molecule has 0 saturated heterocycles. The van der Waals surface area contributed by atoms with E-state index in [-0.39, 0.29) is 30.8 Å². The monoisotopic (exact) mass is 414 g/mol. The van der Waals surface area contributed by atoms with Gasteiger partial charge in [0.2, 0.25) is 5.91 Å². The summed E-state index contributed by atoms with van der Waals surface area (Å²) in [6, 6.07) is 14.6. The molecule has 1 aliphatic rings. The molecule has 0 bridgehead atoms. The van der Waals surface area contributed by atoms with Crippen LogP contribution in [0.4, 0.5) is 5.69 Å². The minimum absolute atomic E-state index is 0. The molecular weight excluding hydrogens is 392 g/mol. The maximum absolute atomic E-state index is 12.5. The molecule has 3 N–H and O–H groups in total. The van der Waals surface area contributed by atoms with E-state index in [0.717, 1.165) is 24.2 Å². The molecule has 8 nitrogen and oxygen atoms in total. The Morgan fingerprint density at radius 1 is 1.28 bits per heavy atom. The Balaban J connectivity index is 0.00000240. The first kappa shape index (κ1) is 20.8. The standard InChI is InChI=1S/C20H22N6O2.ClH/c1-28-18-10-9-15(11-17(18)26-20(14-7-8-14)23-24-25-26)22-19(27)12-16(21)13-5-3-2-4-6-13;/h2-6,9-11,14,16H,7-8,12,21H2,1H3,(H,22,27);1H. The third-order valence-electron chi connectivity index (χ3n) is 4.76. The molecule has 2 aromatic carbocycles. The number of tetrazole rings is 1. The van der Waals surface area contributed by atoms with Crippen LogP contribution in [0.2, 0.25) is 0 Å². The minimum atomic E-state index is -0.361. The zero-order chi connectivity index (χ0) is 19.5. The zero-order valence-corrected chi connectivity index (χ0v) is 16.8. The maximum Gasteiger partial charge on any atom is 0.226 e. The number of nitrogens with one attached hydrogen (secondary N) is 1. The summed E-state index contributed by atoms with van der Waals surface area (Å²) in [7, 11) is 1.59. The normalized spacial score (nSPS) is 14.0. The lowest BCUT2D eigenvalue weighted by Crippen LogP contribution is -2.20. The molecule has 1 fully saturated rings. The molecular formula is C20H23ClN6O2. The van der Waals surface area contributed by atoms with E-state index >= 15 is 0 Å². The van der Waals surface area contributed by atoms with Crippen LogP contribution in [-0.4, -0.2) is 33.2 Å². The highest BCUT2D eigenvalue weighted by Crippen LogP contribution is 2.40. The van der Waals surface area contributed by atoms with Crippen molar-refractivity contribution in [2.24, 2.45) is 5.73 Å². The van der Waals surface area contributed by atoms with Crippen molar-refractivity contribution in [1.29, 1.82) is 0 Å². The van der Waals surface area contributed by atoms with Crippen molar-refractivity contribution < 1.29 is 9.53 Å². The number of rotatable bonds is 7. The van der Waals surface area contributed by atoms with Gasteiger partial charge in [-0.25, -0.2) is 0 Å². The average Bonchev–Trinajstić information content (AvgIpc) is 3.45. The van der Waals surface area contributed by atoms with E-state index < -0.39 is 0 Å². The fraction of sp³-hybridized carbons (Fsp3) is 0.300. The van der Waals surface area contributed by atoms with Crippen LogP contribution in [-0.2, 0) is 4.79 Å². The topological polar surface area (TPSA) is 108 Å². The third-order valence-corrected chi connectivity index (χ3v) is 4.76. The summed E-state index contributed by atoms with van der Waals surface area (Å²) in [5, 5.41) is 14.9. The van der Waals surface area contributed by atoms with Gasteiger partial charge in [-0.05, 0) is 47.0 Å². The second kappa shape index (κ2) is 9.02. The van der Waals surface area contributed by atoms with Gasteiger partial charge in [-0.3, -0.25) is 4.79 Å². The number of ether oxygens (including phenoxy) is 1. The molecule has 152 valence electrons. The Morgan fingerprint density at radius 2 is 2.03 bits per heavy atom. The molecule has 4 rings (SSSR count). The number of anilines is 1. The quantitative estimate of drug-likeness (QED) is 0.615. The van der Waals surface area contributed by atoms with Crippen molar-refractivity contribution >= 4 is 24.0 Å². The summed E-state index contributed by atoms with van der Waals surface area (Å²) in [6.45, 7) is 0. The molecule has 9 heteroatoms. The smallest absolute Gasteiger partial charge is 0.226 e. The first-order chi connectivity index (χ1) is 13.7. The average molecular weight is 415 g/mol. The molecule has 3 aromatic rings. The highest BCUT2D eigenvalue weighted by atomic mass is 35.5. The molecule has 1 atom stereocenters. The van der Waals surface area contributed by atoms with E-state index in [1.165, 1.54) is 0 Å². The summed E-state index contributed by atoms with van der Waals surface area (Å²) in [5.41, 5.74) is 8.41. The van der Waals surface area contributed by atoms with Crippen LogP contribution in [0.1, 0.15) is 42.6 Å². The second-order valence-corrected chi connectivity index (χ2v) is 6.88. The van der Waals surface area contributed by atoms with Crippen molar-refractivity contribution in [2.75, 3.05) is 12.4 Å². The lowest BCUT2D eigenvalue weighted by Gasteiger charge is -2.14. The summed E-state index contributed by atoms with van der Waals surface area (Å²) in [6.07, 6.45) is 2.34. The number of nitrogens with two attached hydrogens (primary N) is 1. The van der Waals surface area contributed by atoms with Crippen molar-refractivity contribution in [1.82, 2.24) is 20.2 Å². The van der Waals surface area contributed by atoms with E-state index in [1.54, 1.807) is 23.9 Å². The molecule has 1 aliphatic carbocycles. The number of hydrogen-bond donors (Lipinski definition) is 2. The number of aromatic nitrogens is 4. The summed E-state index contributed by atoms with van der Waals surface area (Å²) in [5.74, 6) is 1.66. The number of amides is 1. The summed E-state index contributed by atoms with van der Waals surface area (Å²) in [4.78, 5) is 12.5. The van der Waals surface area contributed by atoms with Crippen LogP contribution in [0.25, 0.3) is 5.69 Å². The molecule has 1 amide bonds. The van der Waals surface area contributed by atoms with E-state index in [9.17, 15) is 4.79 Å². The van der Waals surface area contributed by atoms with Crippen LogP contribution in [0.5, 0.6) is 5.75 Å². The highest BCUT2D eigenvalue weighted by molar-refractivity contribution is 5.91. The van der Waals surface area contributed by atoms with Gasteiger partial charge in [0.05, 0.1) is 7.11 Å². The van der Waals surface area contributed by atoms with Crippen LogP contribution >= 0.6 is 12.4 Å². The van der Waals surface area contributed by atoms with Gasteiger partial charge >= 0.3 is 0 Å². The second-order valence-electron chi connectivity index (χ2n) is 6.88. The number of carbonyl (C=O) groups is 1. The van der Waals surface area contributed by atoms with Crippen molar-refractivity contribution in [3.05, 3.63) is 59.9 Å². The van der Waals surface area contributed by atoms with E-state index in [1.807, 2.05) is 36.4 Å². The summed E-state index contributed by atoms with van der Waals surface area (Å²) < 4.78 is 7.14. The number of nitrogens with zero attached hydrogens (tertiary/aromatic N) is 4. The van der Waals surface area contributed by atoms with Gasteiger partial charge in [-0.15, -0.1) is 17.5 Å². The van der Waals surface area contributed by atoms with Gasteiger partial charge in [0.25, 0.3) is 0 Å². The van der Waals surface area contributed by atoms with E-state index in [2.05, 4.69) is 20.8 Å². The minimum Gasteiger partial charge on any atom is -0.494 e. The fourth-order valence-corrected chi connectivity index (χ4v) is 3.12. The Kier molecular flexibility index (Phi) is 6.46. The van der Waals surface area contributed by atoms with E-state index in [0.29, 0.717) is 23.0 Å². The van der Waals surface area contributed by atoms with Crippen molar-refractivity contribution in [3.63, 3.8) is 0 Å². The predicted octanol–water partition coefficient (Wildman–Crippen LogP) is 3.00. The maximum atomic E-state index is 12.5. The van der Waals surface area contributed by atoms with Crippen LogP contribution in [0.15, 0.2) is 48.5 Å². The molecule has 0 aliphatic heterocycles. The highest BCUT2D eigenvalue weighted by Gasteiger charge is 2.30. The Labute approximate surface area is 174 Å². The lowest BCUT2D eigenvalue weighted by atomic mass is 10.0. The first-order valence-electron chi connectivity index (χ1n) is 9.23. The third kappa shape index (κ3) is 4.72. The van der Waals surface area contributed by atoms with Crippen LogP contribution in [0.3, 0.4) is 0 Å². The largest absolute Gasteiger partial charge is 0.494 e. The van der Waals surface area contributed by atoms with Gasteiger partial charge in [-0.1, -0.05) is 30.3 Å². The fourth-order valence-electron chi connectivity index (χ4n) is 3.12. The molecule has 1 aromatic heterocycles. The molecule has 1 unspecified atom stereocenters. The lowest BCUT2D eigenvalue weighted by molar-refractivity contribution is -0.116. The van der Waals surface area contributed by atoms with Crippen LogP contribution in [0, 0.1) is 0 Å². The molecule has 0 spiro atoms. The van der Waals surface area contributed by atoms with Gasteiger partial charge < -0.3 is 15.8 Å². The van der Waals surface area contributed by atoms with Gasteiger partial charge in [0.15, 0.2) is 5.82 Å². The Morgan fingerprint density at radius 3 is 2.72 bits per heavy atom. The SMILES string of the molecule is COc1ccc(NC(=O)CC(N)c2ccccc2)cc1-n1nnnc1C1CC1.Cl.